The summed E-state index contributed by atoms with van der Waals surface area (Å²) in [4.78, 5) is 26.5. The van der Waals surface area contributed by atoms with Crippen LogP contribution in [0.5, 0.6) is 5.75 Å². The molecule has 2 aromatic rings. The van der Waals surface area contributed by atoms with Gasteiger partial charge in [-0.3, -0.25) is 14.6 Å². The first-order valence-electron chi connectivity index (χ1n) is 7.65. The highest BCUT2D eigenvalue weighted by molar-refractivity contribution is 6.30. The number of imide groups is 1. The van der Waals surface area contributed by atoms with Crippen LogP contribution in [-0.4, -0.2) is 37.0 Å². The van der Waals surface area contributed by atoms with E-state index in [9.17, 15) is 14.0 Å². The fraction of sp³-hybridized carbons (Fsp3) is 0.222. The van der Waals surface area contributed by atoms with Crippen molar-refractivity contribution in [2.45, 2.75) is 6.92 Å². The highest BCUT2D eigenvalue weighted by Gasteiger charge is 2.34. The number of carbonyl (C=O) groups excluding carboxylic acids is 2. The molecule has 0 unspecified atom stereocenters. The molecule has 5 nitrogen and oxygen atoms in total. The minimum absolute atomic E-state index is 0.250. The summed E-state index contributed by atoms with van der Waals surface area (Å²) in [5.41, 5.74) is 1.43. The lowest BCUT2D eigenvalue weighted by Gasteiger charge is -2.21. The molecule has 0 aromatic heterocycles. The fourth-order valence-corrected chi connectivity index (χ4v) is 3.11. The number of hydrogen-bond donors (Lipinski definition) is 0. The molecular formula is C18H16ClFN2O3. The maximum Gasteiger partial charge on any atom is 0.331 e. The third-order valence-electron chi connectivity index (χ3n) is 4.05. The van der Waals surface area contributed by atoms with Gasteiger partial charge in [0.15, 0.2) is 5.75 Å². The molecule has 0 radical (unpaired) electrons. The summed E-state index contributed by atoms with van der Waals surface area (Å²) in [6, 6.07) is 9.00. The van der Waals surface area contributed by atoms with Crippen LogP contribution >= 0.6 is 11.6 Å². The van der Waals surface area contributed by atoms with Crippen molar-refractivity contribution in [3.63, 3.8) is 0 Å². The summed E-state index contributed by atoms with van der Waals surface area (Å²) < 4.78 is 19.7. The molecule has 3 rings (SSSR count). The summed E-state index contributed by atoms with van der Waals surface area (Å²) >= 11 is 6.03. The number of nitrogens with zero attached hydrogens (tertiary/aromatic N) is 2. The normalized spacial score (nSPS) is 14.2. The molecule has 1 fully saturated rings. The first-order valence-corrected chi connectivity index (χ1v) is 8.03. The Morgan fingerprint density at radius 1 is 1.24 bits per heavy atom. The van der Waals surface area contributed by atoms with E-state index in [1.54, 1.807) is 24.3 Å². The molecule has 1 aliphatic rings. The van der Waals surface area contributed by atoms with Crippen molar-refractivity contribution in [1.82, 2.24) is 4.90 Å². The van der Waals surface area contributed by atoms with Crippen LogP contribution in [-0.2, 0) is 4.79 Å². The topological polar surface area (TPSA) is 49.9 Å². The second-order valence-corrected chi connectivity index (χ2v) is 6.06. The molecule has 0 bridgehead atoms. The maximum absolute atomic E-state index is 14.3. The summed E-state index contributed by atoms with van der Waals surface area (Å²) in [6.45, 7) is 1.84. The molecule has 0 spiro atoms. The van der Waals surface area contributed by atoms with Gasteiger partial charge in [0, 0.05) is 36.7 Å². The number of anilines is 1. The van der Waals surface area contributed by atoms with Gasteiger partial charge < -0.3 is 4.74 Å². The average molecular weight is 363 g/mol. The Labute approximate surface area is 149 Å². The van der Waals surface area contributed by atoms with Crippen molar-refractivity contribution in [2.75, 3.05) is 25.1 Å². The standard InChI is InChI=1S/C18H16ClFN2O3/c1-11(23)21-6-7-22(18(21)24)16-10-14(20)9-15(17(16)25-2)12-4-3-5-13(19)8-12/h3-5,8-10H,6-7H2,1-2H3. The minimum atomic E-state index is -0.514. The van der Waals surface area contributed by atoms with E-state index in [1.165, 1.54) is 31.1 Å². The van der Waals surface area contributed by atoms with Crippen LogP contribution in [0.2, 0.25) is 5.02 Å². The fourth-order valence-electron chi connectivity index (χ4n) is 2.92. The molecule has 1 aliphatic heterocycles. The monoisotopic (exact) mass is 362 g/mol. The lowest BCUT2D eigenvalue weighted by molar-refractivity contribution is -0.125. The van der Waals surface area contributed by atoms with Crippen LogP contribution in [0.3, 0.4) is 0 Å². The molecule has 0 N–H and O–H groups in total. The highest BCUT2D eigenvalue weighted by atomic mass is 35.5. The Morgan fingerprint density at radius 2 is 2.00 bits per heavy atom. The van der Waals surface area contributed by atoms with Crippen LogP contribution in [0, 0.1) is 5.82 Å². The van der Waals surface area contributed by atoms with Crippen LogP contribution in [0.15, 0.2) is 36.4 Å². The lowest BCUT2D eigenvalue weighted by Crippen LogP contribution is -2.35. The van der Waals surface area contributed by atoms with Gasteiger partial charge in [0.05, 0.1) is 12.8 Å². The number of benzene rings is 2. The van der Waals surface area contributed by atoms with Gasteiger partial charge >= 0.3 is 6.03 Å². The van der Waals surface area contributed by atoms with Crippen LogP contribution in [0.1, 0.15) is 6.92 Å². The quantitative estimate of drug-likeness (QED) is 0.830. The van der Waals surface area contributed by atoms with Gasteiger partial charge in [-0.25, -0.2) is 9.18 Å². The number of ether oxygens (including phenoxy) is 1. The summed E-state index contributed by atoms with van der Waals surface area (Å²) in [5.74, 6) is -0.514. The molecule has 130 valence electrons. The number of carbonyl (C=O) groups is 2. The zero-order valence-corrected chi connectivity index (χ0v) is 14.5. The molecular weight excluding hydrogens is 347 g/mol. The van der Waals surface area contributed by atoms with Crippen molar-refractivity contribution < 1.29 is 18.7 Å². The third kappa shape index (κ3) is 3.17. The lowest BCUT2D eigenvalue weighted by atomic mass is 10.0. The van der Waals surface area contributed by atoms with E-state index in [-0.39, 0.29) is 24.7 Å². The van der Waals surface area contributed by atoms with Crippen molar-refractivity contribution in [2.24, 2.45) is 0 Å². The van der Waals surface area contributed by atoms with Crippen LogP contribution in [0.25, 0.3) is 11.1 Å². The van der Waals surface area contributed by atoms with Crippen LogP contribution < -0.4 is 9.64 Å². The summed E-state index contributed by atoms with van der Waals surface area (Å²) in [6.07, 6.45) is 0. The van der Waals surface area contributed by atoms with E-state index in [0.29, 0.717) is 21.9 Å². The molecule has 0 saturated carbocycles. The Balaban J connectivity index is 2.12. The summed E-state index contributed by atoms with van der Waals surface area (Å²) in [7, 11) is 1.45. The van der Waals surface area contributed by atoms with Gasteiger partial charge in [0.2, 0.25) is 5.91 Å². The first kappa shape index (κ1) is 17.2. The number of halogens is 2. The third-order valence-corrected chi connectivity index (χ3v) is 4.29. The number of urea groups is 1. The highest BCUT2D eigenvalue weighted by Crippen LogP contribution is 2.41. The second kappa shape index (κ2) is 6.72. The van der Waals surface area contributed by atoms with Gasteiger partial charge in [-0.2, -0.15) is 0 Å². The van der Waals surface area contributed by atoms with Gasteiger partial charge in [-0.15, -0.1) is 0 Å². The molecule has 1 heterocycles. The number of rotatable bonds is 3. The Hall–Kier alpha value is -2.60. The van der Waals surface area contributed by atoms with Crippen molar-refractivity contribution in [1.29, 1.82) is 0 Å². The Bertz CT molecular complexity index is 856. The van der Waals surface area contributed by atoms with Crippen molar-refractivity contribution in [3.05, 3.63) is 47.2 Å². The van der Waals surface area contributed by atoms with Gasteiger partial charge in [-0.05, 0) is 23.8 Å². The van der Waals surface area contributed by atoms with E-state index >= 15 is 0 Å². The molecule has 25 heavy (non-hydrogen) atoms. The predicted molar refractivity (Wildman–Crippen MR) is 93.5 cm³/mol. The zero-order valence-electron chi connectivity index (χ0n) is 13.8. The minimum Gasteiger partial charge on any atom is -0.494 e. The molecule has 1 saturated heterocycles. The molecule has 7 heteroatoms. The van der Waals surface area contributed by atoms with E-state index in [1.807, 2.05) is 0 Å². The van der Waals surface area contributed by atoms with E-state index in [4.69, 9.17) is 16.3 Å². The molecule has 0 atom stereocenters. The number of methoxy groups -OCH3 is 1. The second-order valence-electron chi connectivity index (χ2n) is 5.62. The molecule has 2 aromatic carbocycles. The SMILES string of the molecule is COc1c(-c2cccc(Cl)c2)cc(F)cc1N1CCN(C(C)=O)C1=O. The van der Waals surface area contributed by atoms with E-state index < -0.39 is 11.8 Å². The van der Waals surface area contributed by atoms with E-state index in [0.717, 1.165) is 4.90 Å². The zero-order chi connectivity index (χ0) is 18.1. The van der Waals surface area contributed by atoms with Gasteiger partial charge in [0.25, 0.3) is 0 Å². The largest absolute Gasteiger partial charge is 0.494 e. The smallest absolute Gasteiger partial charge is 0.331 e. The molecule has 0 aliphatic carbocycles. The van der Waals surface area contributed by atoms with Crippen molar-refractivity contribution in [3.8, 4) is 16.9 Å². The van der Waals surface area contributed by atoms with Gasteiger partial charge in [0.1, 0.15) is 5.82 Å². The maximum atomic E-state index is 14.3. The number of amides is 3. The van der Waals surface area contributed by atoms with E-state index in [2.05, 4.69) is 0 Å². The average Bonchev–Trinajstić information content (AvgIpc) is 2.95. The van der Waals surface area contributed by atoms with Crippen molar-refractivity contribution >= 4 is 29.2 Å². The molecule has 3 amide bonds. The Morgan fingerprint density at radius 3 is 2.60 bits per heavy atom. The number of hydrogen-bond acceptors (Lipinski definition) is 3. The first-order chi connectivity index (χ1) is 11.9. The Kier molecular flexibility index (Phi) is 4.63. The predicted octanol–water partition coefficient (Wildman–Crippen LogP) is 3.94. The summed E-state index contributed by atoms with van der Waals surface area (Å²) in [5, 5.41) is 0.505. The van der Waals surface area contributed by atoms with Crippen LogP contribution in [0.4, 0.5) is 14.9 Å². The van der Waals surface area contributed by atoms with Gasteiger partial charge in [-0.1, -0.05) is 23.7 Å².